The van der Waals surface area contributed by atoms with E-state index in [-0.39, 0.29) is 18.2 Å². The Bertz CT molecular complexity index is 644. The highest BCUT2D eigenvalue weighted by Crippen LogP contribution is 2.15. The smallest absolute Gasteiger partial charge is 0.226 e. The summed E-state index contributed by atoms with van der Waals surface area (Å²) >= 11 is 3.35. The number of carbonyl (C=O) groups is 2. The van der Waals surface area contributed by atoms with Crippen molar-refractivity contribution in [2.24, 2.45) is 0 Å². The Kier molecular flexibility index (Phi) is 6.15. The molecule has 0 bridgehead atoms. The van der Waals surface area contributed by atoms with Crippen LogP contribution in [0.4, 0.5) is 5.69 Å². The minimum Gasteiger partial charge on any atom is -0.355 e. The highest BCUT2D eigenvalue weighted by Gasteiger charge is 2.05. The number of hydrogen-bond acceptors (Lipinski definition) is 2. The predicted octanol–water partition coefficient (Wildman–Crippen LogP) is 3.14. The molecule has 0 radical (unpaired) electrons. The van der Waals surface area contributed by atoms with Crippen LogP contribution in [-0.2, 0) is 16.0 Å². The molecule has 22 heavy (non-hydrogen) atoms. The highest BCUT2D eigenvalue weighted by atomic mass is 79.9. The van der Waals surface area contributed by atoms with E-state index in [1.807, 2.05) is 54.6 Å². The lowest BCUT2D eigenvalue weighted by Gasteiger charge is -2.07. The fraction of sp³-hybridized carbons (Fsp3) is 0.176. The molecule has 0 fully saturated rings. The monoisotopic (exact) mass is 360 g/mol. The van der Waals surface area contributed by atoms with E-state index in [0.29, 0.717) is 13.0 Å². The van der Waals surface area contributed by atoms with E-state index in [2.05, 4.69) is 26.6 Å². The lowest BCUT2D eigenvalue weighted by atomic mass is 10.1. The molecule has 5 heteroatoms. The molecule has 0 aliphatic carbocycles. The van der Waals surface area contributed by atoms with Crippen molar-refractivity contribution in [2.75, 3.05) is 11.9 Å². The van der Waals surface area contributed by atoms with Gasteiger partial charge in [0.25, 0.3) is 0 Å². The summed E-state index contributed by atoms with van der Waals surface area (Å²) in [6.07, 6.45) is 0.571. The van der Waals surface area contributed by atoms with Gasteiger partial charge >= 0.3 is 0 Å². The van der Waals surface area contributed by atoms with Crippen LogP contribution in [0.5, 0.6) is 0 Å². The third-order valence-electron chi connectivity index (χ3n) is 2.99. The molecule has 0 atom stereocenters. The van der Waals surface area contributed by atoms with E-state index in [4.69, 9.17) is 0 Å². The molecule has 0 saturated carbocycles. The highest BCUT2D eigenvalue weighted by molar-refractivity contribution is 9.10. The summed E-state index contributed by atoms with van der Waals surface area (Å²) in [5.74, 6) is -0.209. The standard InChI is InChI=1S/C17H17BrN2O2/c18-14-7-4-8-15(12-14)20-16(21)9-10-19-17(22)11-13-5-2-1-3-6-13/h1-8,12H,9-11H2,(H,19,22)(H,20,21). The maximum atomic E-state index is 11.8. The number of rotatable bonds is 6. The number of amides is 2. The van der Waals surface area contributed by atoms with Gasteiger partial charge in [-0.3, -0.25) is 9.59 Å². The van der Waals surface area contributed by atoms with E-state index in [1.54, 1.807) is 0 Å². The van der Waals surface area contributed by atoms with E-state index in [1.165, 1.54) is 0 Å². The number of halogens is 1. The van der Waals surface area contributed by atoms with Gasteiger partial charge in [-0.05, 0) is 23.8 Å². The van der Waals surface area contributed by atoms with Crippen LogP contribution in [0, 0.1) is 0 Å². The van der Waals surface area contributed by atoms with Crippen LogP contribution in [0.3, 0.4) is 0 Å². The van der Waals surface area contributed by atoms with Crippen molar-refractivity contribution in [3.8, 4) is 0 Å². The molecule has 0 unspecified atom stereocenters. The molecule has 2 rings (SSSR count). The molecule has 0 aliphatic heterocycles. The Morgan fingerprint density at radius 2 is 1.73 bits per heavy atom. The Hall–Kier alpha value is -2.14. The second-order valence-corrected chi connectivity index (χ2v) is 5.74. The van der Waals surface area contributed by atoms with Crippen molar-refractivity contribution >= 4 is 33.4 Å². The molecule has 0 heterocycles. The summed E-state index contributed by atoms with van der Waals surface area (Å²) in [6, 6.07) is 16.9. The topological polar surface area (TPSA) is 58.2 Å². The van der Waals surface area contributed by atoms with Crippen molar-refractivity contribution in [3.05, 3.63) is 64.6 Å². The molecular weight excluding hydrogens is 344 g/mol. The summed E-state index contributed by atoms with van der Waals surface area (Å²) in [5.41, 5.74) is 1.69. The first-order valence-electron chi connectivity index (χ1n) is 6.99. The molecule has 2 N–H and O–H groups in total. The van der Waals surface area contributed by atoms with E-state index >= 15 is 0 Å². The molecule has 2 aromatic rings. The number of carbonyl (C=O) groups excluding carboxylic acids is 2. The molecule has 0 spiro atoms. The van der Waals surface area contributed by atoms with Crippen molar-refractivity contribution in [2.45, 2.75) is 12.8 Å². The summed E-state index contributed by atoms with van der Waals surface area (Å²) in [7, 11) is 0. The zero-order valence-corrected chi connectivity index (χ0v) is 13.6. The van der Waals surface area contributed by atoms with Crippen LogP contribution < -0.4 is 10.6 Å². The van der Waals surface area contributed by atoms with Gasteiger partial charge in [0.15, 0.2) is 0 Å². The van der Waals surface area contributed by atoms with Gasteiger partial charge < -0.3 is 10.6 Å². The number of nitrogens with one attached hydrogen (secondary N) is 2. The van der Waals surface area contributed by atoms with E-state index < -0.39 is 0 Å². The third-order valence-corrected chi connectivity index (χ3v) is 3.48. The Morgan fingerprint density at radius 3 is 2.45 bits per heavy atom. The summed E-state index contributed by atoms with van der Waals surface area (Å²) in [4.78, 5) is 23.5. The van der Waals surface area contributed by atoms with Crippen molar-refractivity contribution in [3.63, 3.8) is 0 Å². The van der Waals surface area contributed by atoms with Crippen molar-refractivity contribution in [1.29, 1.82) is 0 Å². The Morgan fingerprint density at radius 1 is 0.955 bits per heavy atom. The van der Waals surface area contributed by atoms with Crippen LogP contribution in [0.25, 0.3) is 0 Å². The van der Waals surface area contributed by atoms with Crippen LogP contribution in [0.1, 0.15) is 12.0 Å². The first-order chi connectivity index (χ1) is 10.6. The summed E-state index contributed by atoms with van der Waals surface area (Å²) < 4.78 is 0.904. The molecule has 0 saturated heterocycles. The SMILES string of the molecule is O=C(Cc1ccccc1)NCCC(=O)Nc1cccc(Br)c1. The van der Waals surface area contributed by atoms with Gasteiger partial charge in [-0.15, -0.1) is 0 Å². The minimum absolute atomic E-state index is 0.0820. The average Bonchev–Trinajstić information content (AvgIpc) is 2.48. The van der Waals surface area contributed by atoms with Gasteiger partial charge in [0.05, 0.1) is 6.42 Å². The van der Waals surface area contributed by atoms with E-state index in [0.717, 1.165) is 15.7 Å². The second kappa shape index (κ2) is 8.34. The van der Waals surface area contributed by atoms with Crippen LogP contribution in [-0.4, -0.2) is 18.4 Å². The summed E-state index contributed by atoms with van der Waals surface area (Å²) in [5, 5.41) is 5.54. The van der Waals surface area contributed by atoms with Crippen molar-refractivity contribution in [1.82, 2.24) is 5.32 Å². The molecule has 4 nitrogen and oxygen atoms in total. The Labute approximate surface area is 138 Å². The lowest BCUT2D eigenvalue weighted by Crippen LogP contribution is -2.28. The van der Waals surface area contributed by atoms with Crippen LogP contribution in [0.15, 0.2) is 59.1 Å². The zero-order chi connectivity index (χ0) is 15.8. The quantitative estimate of drug-likeness (QED) is 0.831. The molecule has 0 aromatic heterocycles. The number of hydrogen-bond donors (Lipinski definition) is 2. The maximum absolute atomic E-state index is 11.8. The second-order valence-electron chi connectivity index (χ2n) is 4.82. The predicted molar refractivity (Wildman–Crippen MR) is 90.5 cm³/mol. The number of benzene rings is 2. The fourth-order valence-electron chi connectivity index (χ4n) is 1.95. The van der Waals surface area contributed by atoms with Gasteiger partial charge in [0.1, 0.15) is 0 Å². The lowest BCUT2D eigenvalue weighted by molar-refractivity contribution is -0.120. The number of anilines is 1. The Balaban J connectivity index is 1.69. The first-order valence-corrected chi connectivity index (χ1v) is 7.79. The van der Waals surface area contributed by atoms with Crippen LogP contribution in [0.2, 0.25) is 0 Å². The molecule has 0 aliphatic rings. The first kappa shape index (κ1) is 16.2. The fourth-order valence-corrected chi connectivity index (χ4v) is 2.35. The third kappa shape index (κ3) is 5.69. The molecule has 2 aromatic carbocycles. The average molecular weight is 361 g/mol. The van der Waals surface area contributed by atoms with Gasteiger partial charge in [-0.1, -0.05) is 52.3 Å². The minimum atomic E-state index is -0.127. The molecule has 2 amide bonds. The van der Waals surface area contributed by atoms with Crippen molar-refractivity contribution < 1.29 is 9.59 Å². The van der Waals surface area contributed by atoms with Crippen LogP contribution >= 0.6 is 15.9 Å². The normalized spacial score (nSPS) is 10.0. The van der Waals surface area contributed by atoms with Gasteiger partial charge in [0, 0.05) is 23.1 Å². The van der Waals surface area contributed by atoms with Gasteiger partial charge in [0.2, 0.25) is 11.8 Å². The maximum Gasteiger partial charge on any atom is 0.226 e. The van der Waals surface area contributed by atoms with Gasteiger partial charge in [-0.25, -0.2) is 0 Å². The summed E-state index contributed by atoms with van der Waals surface area (Å²) in [6.45, 7) is 0.325. The largest absolute Gasteiger partial charge is 0.355 e. The molecule has 114 valence electrons. The molecular formula is C17H17BrN2O2. The van der Waals surface area contributed by atoms with E-state index in [9.17, 15) is 9.59 Å². The van der Waals surface area contributed by atoms with Gasteiger partial charge in [-0.2, -0.15) is 0 Å². The zero-order valence-electron chi connectivity index (χ0n) is 12.0.